The van der Waals surface area contributed by atoms with Crippen molar-refractivity contribution in [3.8, 4) is 11.1 Å². The Balaban J connectivity index is 1.59. The van der Waals surface area contributed by atoms with E-state index in [-0.39, 0.29) is 29.8 Å². The van der Waals surface area contributed by atoms with E-state index in [0.717, 1.165) is 46.4 Å². The highest BCUT2D eigenvalue weighted by Gasteiger charge is 2.60. The topological polar surface area (TPSA) is 95.8 Å². The van der Waals surface area contributed by atoms with Crippen molar-refractivity contribution >= 4 is 32.8 Å². The first-order chi connectivity index (χ1) is 16.4. The third-order valence-electron chi connectivity index (χ3n) is 6.16. The van der Waals surface area contributed by atoms with Crippen molar-refractivity contribution in [2.75, 3.05) is 24.2 Å². The molecule has 0 radical (unpaired) electrons. The Morgan fingerprint density at radius 3 is 2.40 bits per heavy atom. The van der Waals surface area contributed by atoms with E-state index in [1.165, 1.54) is 0 Å². The first-order valence-corrected chi connectivity index (χ1v) is 12.2. The first kappa shape index (κ1) is 23.5. The number of hydrogen-bond donors (Lipinski definition) is 1. The largest absolute Gasteiger partial charge is 0.354 e. The van der Waals surface area contributed by atoms with Crippen LogP contribution >= 0.6 is 0 Å². The van der Waals surface area contributed by atoms with E-state index in [2.05, 4.69) is 5.16 Å². The molecule has 2 aromatic carbocycles. The number of nitrogens with zero attached hydrogens (tertiary/aromatic N) is 3. The summed E-state index contributed by atoms with van der Waals surface area (Å²) in [6.45, 7) is -0.933. The molecule has 2 saturated heterocycles. The van der Waals surface area contributed by atoms with Gasteiger partial charge in [-0.25, -0.2) is 39.9 Å². The number of halogens is 5. The van der Waals surface area contributed by atoms with Crippen LogP contribution in [0.5, 0.6) is 0 Å². The quantitative estimate of drug-likeness (QED) is 0.536. The molecular weight excluding hydrogens is 499 g/mol. The van der Waals surface area contributed by atoms with Gasteiger partial charge in [0, 0.05) is 18.7 Å². The number of alkyl halides is 2. The molecule has 1 N–H and O–H groups in total. The number of anilines is 1. The lowest BCUT2D eigenvalue weighted by Crippen LogP contribution is -2.56. The number of carbonyl (C=O) groups excluding carboxylic acids is 1. The molecule has 0 aliphatic carbocycles. The summed E-state index contributed by atoms with van der Waals surface area (Å²) in [5.74, 6) is -7.00. The first-order valence-electron chi connectivity index (χ1n) is 10.4. The van der Waals surface area contributed by atoms with E-state index in [1.807, 2.05) is 4.72 Å². The van der Waals surface area contributed by atoms with Gasteiger partial charge in [-0.05, 0) is 30.7 Å². The van der Waals surface area contributed by atoms with Gasteiger partial charge in [-0.2, -0.15) is 0 Å². The maximum atomic E-state index is 14.9. The van der Waals surface area contributed by atoms with Crippen LogP contribution in [0.4, 0.5) is 32.6 Å². The van der Waals surface area contributed by atoms with Gasteiger partial charge in [0.1, 0.15) is 29.5 Å². The average molecular weight is 516 g/mol. The van der Waals surface area contributed by atoms with E-state index >= 15 is 0 Å². The zero-order valence-corrected chi connectivity index (χ0v) is 18.8. The zero-order chi connectivity index (χ0) is 25.3. The molecule has 14 heteroatoms. The summed E-state index contributed by atoms with van der Waals surface area (Å²) in [4.78, 5) is 15.0. The molecule has 2 amide bonds. The predicted molar refractivity (Wildman–Crippen MR) is 114 cm³/mol. The van der Waals surface area contributed by atoms with Gasteiger partial charge in [-0.3, -0.25) is 4.90 Å². The fourth-order valence-corrected chi connectivity index (χ4v) is 5.43. The number of urea groups is 1. The van der Waals surface area contributed by atoms with E-state index in [9.17, 15) is 35.2 Å². The molecule has 186 valence electrons. The maximum absolute atomic E-state index is 14.9. The van der Waals surface area contributed by atoms with Crippen molar-refractivity contribution in [1.29, 1.82) is 0 Å². The normalized spacial score (nSPS) is 22.2. The summed E-state index contributed by atoms with van der Waals surface area (Å²) in [6.07, 6.45) is 0.446. The maximum Gasteiger partial charge on any atom is 0.326 e. The van der Waals surface area contributed by atoms with Crippen LogP contribution in [-0.2, 0) is 10.0 Å². The molecule has 2 fully saturated rings. The Morgan fingerprint density at radius 1 is 1.09 bits per heavy atom. The molecule has 0 saturated carbocycles. The van der Waals surface area contributed by atoms with Gasteiger partial charge >= 0.3 is 6.03 Å². The molecule has 2 aliphatic rings. The van der Waals surface area contributed by atoms with Crippen molar-refractivity contribution in [1.82, 2.24) is 14.8 Å². The highest BCUT2D eigenvalue weighted by Crippen LogP contribution is 2.43. The van der Waals surface area contributed by atoms with Crippen LogP contribution in [0.1, 0.15) is 6.42 Å². The fourth-order valence-electron chi connectivity index (χ4n) is 4.68. The van der Waals surface area contributed by atoms with E-state index < -0.39 is 69.2 Å². The minimum absolute atomic E-state index is 0.0858. The number of carbonyl (C=O) groups is 1. The number of rotatable bonds is 4. The van der Waals surface area contributed by atoms with Crippen LogP contribution in [0, 0.1) is 17.5 Å². The molecule has 2 aliphatic heterocycles. The minimum Gasteiger partial charge on any atom is -0.354 e. The van der Waals surface area contributed by atoms with E-state index in [4.69, 9.17) is 4.52 Å². The average Bonchev–Trinajstić information content (AvgIpc) is 3.28. The molecule has 1 aromatic heterocycles. The monoisotopic (exact) mass is 516 g/mol. The van der Waals surface area contributed by atoms with Gasteiger partial charge in [-0.1, -0.05) is 11.2 Å². The van der Waals surface area contributed by atoms with Gasteiger partial charge in [-0.15, -0.1) is 0 Å². The molecule has 5 rings (SSSR count). The van der Waals surface area contributed by atoms with Gasteiger partial charge in [0.15, 0.2) is 11.4 Å². The number of benzene rings is 2. The summed E-state index contributed by atoms with van der Waals surface area (Å²) in [5, 5.41) is 3.57. The second-order valence-corrected chi connectivity index (χ2v) is 10.2. The molecule has 8 nitrogen and oxygen atoms in total. The van der Waals surface area contributed by atoms with E-state index in [0.29, 0.717) is 0 Å². The molecule has 3 aromatic rings. The predicted octanol–water partition coefficient (Wildman–Crippen LogP) is 3.48. The van der Waals surface area contributed by atoms with Crippen molar-refractivity contribution in [2.24, 2.45) is 0 Å². The van der Waals surface area contributed by atoms with Crippen LogP contribution in [0.15, 0.2) is 34.9 Å². The van der Waals surface area contributed by atoms with Gasteiger partial charge in [0.05, 0.1) is 17.2 Å². The second kappa shape index (κ2) is 7.88. The molecule has 3 heterocycles. The van der Waals surface area contributed by atoms with Crippen molar-refractivity contribution < 1.29 is 39.7 Å². The Hall–Kier alpha value is -3.26. The highest BCUT2D eigenvalue weighted by atomic mass is 32.2. The Labute approximate surface area is 195 Å². The molecular formula is C21H17F5N4O4S. The van der Waals surface area contributed by atoms with Gasteiger partial charge in [0.2, 0.25) is 10.0 Å². The lowest BCUT2D eigenvalue weighted by molar-refractivity contribution is -0.0448. The zero-order valence-electron chi connectivity index (χ0n) is 17.9. The number of aromatic nitrogens is 1. The summed E-state index contributed by atoms with van der Waals surface area (Å²) in [5.41, 5.74) is -1.32. The minimum atomic E-state index is -4.00. The molecule has 0 bridgehead atoms. The van der Waals surface area contributed by atoms with Crippen molar-refractivity contribution in [2.45, 2.75) is 24.4 Å². The smallest absolute Gasteiger partial charge is 0.326 e. The third-order valence-corrected chi connectivity index (χ3v) is 6.87. The number of fused-ring (bicyclic) bond motifs is 2. The highest BCUT2D eigenvalue weighted by molar-refractivity contribution is 7.88. The van der Waals surface area contributed by atoms with Crippen LogP contribution in [-0.4, -0.2) is 61.9 Å². The van der Waals surface area contributed by atoms with Gasteiger partial charge in [0.25, 0.3) is 5.92 Å². The second-order valence-electron chi connectivity index (χ2n) is 8.41. The van der Waals surface area contributed by atoms with Crippen molar-refractivity contribution in [3.05, 3.63) is 47.8 Å². The third kappa shape index (κ3) is 3.71. The number of hydrogen-bond acceptors (Lipinski definition) is 5. The molecule has 2 atom stereocenters. The lowest BCUT2D eigenvalue weighted by atomic mass is 9.99. The summed E-state index contributed by atoms with van der Waals surface area (Å²) in [7, 11) is -4.00. The number of amides is 2. The standard InChI is InChI=1S/C21H17F5N4O4S/c1-35(32,33)28-14-9-30-15(21(14,25)26)7-8-29(20(30)31)19-18-13(34-27-19)6-5-12(24)17(18)16-10(22)3-2-4-11(16)23/h2-6,14-15,28H,7-9H2,1H3/t14-,15-/m1/s1. The molecule has 0 unspecified atom stereocenters. The molecule has 0 spiro atoms. The Morgan fingerprint density at radius 2 is 1.74 bits per heavy atom. The Bertz CT molecular complexity index is 1440. The van der Waals surface area contributed by atoms with Crippen LogP contribution < -0.4 is 9.62 Å². The lowest BCUT2D eigenvalue weighted by Gasteiger charge is -2.37. The summed E-state index contributed by atoms with van der Waals surface area (Å²) in [6, 6.07) is 0.654. The number of sulfonamides is 1. The van der Waals surface area contributed by atoms with Crippen molar-refractivity contribution in [3.63, 3.8) is 0 Å². The number of nitrogens with one attached hydrogen (secondary N) is 1. The fraction of sp³-hybridized carbons (Fsp3) is 0.333. The van der Waals surface area contributed by atoms with Crippen LogP contribution in [0.3, 0.4) is 0 Å². The van der Waals surface area contributed by atoms with Gasteiger partial charge < -0.3 is 9.42 Å². The SMILES string of the molecule is CS(=O)(=O)N[C@@H]1CN2C(=O)N(c3noc4ccc(F)c(-c5c(F)cccc5F)c34)CC[C@@H]2C1(F)F. The molecule has 35 heavy (non-hydrogen) atoms. The van der Waals surface area contributed by atoms with Crippen LogP contribution in [0.2, 0.25) is 0 Å². The summed E-state index contributed by atoms with van der Waals surface area (Å²) >= 11 is 0. The summed E-state index contributed by atoms with van der Waals surface area (Å²) < 4.78 is 104. The van der Waals surface area contributed by atoms with E-state index in [1.54, 1.807) is 0 Å². The Kier molecular flexibility index (Phi) is 5.29. The van der Waals surface area contributed by atoms with Crippen LogP contribution in [0.25, 0.3) is 22.1 Å².